The first kappa shape index (κ1) is 11.5. The average Bonchev–Trinajstić information content (AvgIpc) is 2.30. The number of rotatable bonds is 1. The van der Waals surface area contributed by atoms with Gasteiger partial charge in [0.15, 0.2) is 0 Å². The number of piperazine rings is 1. The lowest BCUT2D eigenvalue weighted by Gasteiger charge is -2.33. The maximum Gasteiger partial charge on any atom is 0.272 e. The lowest BCUT2D eigenvalue weighted by molar-refractivity contribution is 0.0649. The molecule has 5 heteroatoms. The summed E-state index contributed by atoms with van der Waals surface area (Å²) in [6, 6.07) is 3.82. The largest absolute Gasteiger partial charge is 0.332 e. The lowest BCUT2D eigenvalue weighted by Crippen LogP contribution is -2.52. The molecule has 0 bridgehead atoms. The van der Waals surface area contributed by atoms with E-state index in [2.05, 4.69) is 26.2 Å². The fourth-order valence-electron chi connectivity index (χ4n) is 1.79. The average molecular weight is 284 g/mol. The van der Waals surface area contributed by atoms with Crippen LogP contribution in [-0.2, 0) is 0 Å². The fourth-order valence-corrected chi connectivity index (χ4v) is 2.03. The minimum Gasteiger partial charge on any atom is -0.332 e. The fraction of sp³-hybridized carbons (Fsp3) is 0.455. The Bertz CT molecular complexity index is 379. The first-order valence-electron chi connectivity index (χ1n) is 5.32. The van der Waals surface area contributed by atoms with E-state index in [1.54, 1.807) is 12.3 Å². The Morgan fingerprint density at radius 2 is 2.44 bits per heavy atom. The molecule has 1 aliphatic heterocycles. The molecule has 1 aromatic rings. The number of pyridine rings is 1. The Labute approximate surface area is 103 Å². The van der Waals surface area contributed by atoms with Gasteiger partial charge in [-0.15, -0.1) is 0 Å². The van der Waals surface area contributed by atoms with E-state index in [1.807, 2.05) is 17.9 Å². The molecule has 0 aromatic carbocycles. The van der Waals surface area contributed by atoms with Crippen molar-refractivity contribution in [2.75, 3.05) is 19.6 Å². The van der Waals surface area contributed by atoms with Crippen molar-refractivity contribution in [2.24, 2.45) is 0 Å². The van der Waals surface area contributed by atoms with Gasteiger partial charge in [-0.1, -0.05) is 0 Å². The number of nitrogens with one attached hydrogen (secondary N) is 1. The highest BCUT2D eigenvalue weighted by atomic mass is 79.9. The molecule has 16 heavy (non-hydrogen) atoms. The van der Waals surface area contributed by atoms with Crippen LogP contribution in [0.25, 0.3) is 0 Å². The highest BCUT2D eigenvalue weighted by Gasteiger charge is 2.24. The van der Waals surface area contributed by atoms with Crippen molar-refractivity contribution in [1.29, 1.82) is 0 Å². The van der Waals surface area contributed by atoms with Crippen LogP contribution in [0, 0.1) is 0 Å². The van der Waals surface area contributed by atoms with Gasteiger partial charge >= 0.3 is 0 Å². The molecule has 0 radical (unpaired) electrons. The van der Waals surface area contributed by atoms with E-state index in [0.717, 1.165) is 24.1 Å². The number of halogens is 1. The zero-order valence-corrected chi connectivity index (χ0v) is 10.7. The summed E-state index contributed by atoms with van der Waals surface area (Å²) in [7, 11) is 0. The predicted molar refractivity (Wildman–Crippen MR) is 65.3 cm³/mol. The third kappa shape index (κ3) is 2.41. The number of carbonyl (C=O) groups is 1. The van der Waals surface area contributed by atoms with Crippen molar-refractivity contribution in [1.82, 2.24) is 15.2 Å². The Morgan fingerprint density at radius 1 is 1.62 bits per heavy atom. The molecule has 1 N–H and O–H groups in total. The number of carbonyl (C=O) groups excluding carboxylic acids is 1. The van der Waals surface area contributed by atoms with E-state index in [0.29, 0.717) is 5.69 Å². The molecule has 4 nitrogen and oxygen atoms in total. The van der Waals surface area contributed by atoms with Crippen molar-refractivity contribution in [3.63, 3.8) is 0 Å². The van der Waals surface area contributed by atoms with Crippen LogP contribution in [-0.4, -0.2) is 41.5 Å². The Morgan fingerprint density at radius 3 is 3.06 bits per heavy atom. The first-order valence-corrected chi connectivity index (χ1v) is 6.11. The van der Waals surface area contributed by atoms with Crippen LogP contribution >= 0.6 is 15.9 Å². The summed E-state index contributed by atoms with van der Waals surface area (Å²) in [6.45, 7) is 4.50. The number of aromatic nitrogens is 1. The summed E-state index contributed by atoms with van der Waals surface area (Å²) < 4.78 is 0.886. The van der Waals surface area contributed by atoms with Gasteiger partial charge in [-0.3, -0.25) is 4.79 Å². The molecular weight excluding hydrogens is 270 g/mol. The van der Waals surface area contributed by atoms with Crippen LogP contribution in [0.2, 0.25) is 0 Å². The second-order valence-corrected chi connectivity index (χ2v) is 4.83. The van der Waals surface area contributed by atoms with Crippen LogP contribution in [0.3, 0.4) is 0 Å². The summed E-state index contributed by atoms with van der Waals surface area (Å²) in [5.74, 6) is 0.0153. The molecule has 2 heterocycles. The van der Waals surface area contributed by atoms with Crippen LogP contribution < -0.4 is 5.32 Å². The van der Waals surface area contributed by atoms with Crippen molar-refractivity contribution in [3.8, 4) is 0 Å². The van der Waals surface area contributed by atoms with Crippen LogP contribution in [0.15, 0.2) is 22.8 Å². The lowest BCUT2D eigenvalue weighted by atomic mass is 10.2. The molecule has 0 aliphatic carbocycles. The van der Waals surface area contributed by atoms with Crippen molar-refractivity contribution < 1.29 is 4.79 Å². The van der Waals surface area contributed by atoms with Crippen LogP contribution in [0.5, 0.6) is 0 Å². The predicted octanol–water partition coefficient (Wildman–Crippen LogP) is 1.28. The van der Waals surface area contributed by atoms with Gasteiger partial charge in [-0.05, 0) is 35.0 Å². The van der Waals surface area contributed by atoms with E-state index in [1.165, 1.54) is 0 Å². The molecular formula is C11H14BrN3O. The van der Waals surface area contributed by atoms with E-state index in [4.69, 9.17) is 0 Å². The Kier molecular flexibility index (Phi) is 3.56. The molecule has 1 amide bonds. The topological polar surface area (TPSA) is 45.2 Å². The van der Waals surface area contributed by atoms with Crippen LogP contribution in [0.1, 0.15) is 17.4 Å². The molecule has 0 saturated carbocycles. The molecule has 1 unspecified atom stereocenters. The molecule has 1 saturated heterocycles. The van der Waals surface area contributed by atoms with Gasteiger partial charge in [0.2, 0.25) is 0 Å². The first-order chi connectivity index (χ1) is 7.68. The highest BCUT2D eigenvalue weighted by Crippen LogP contribution is 2.11. The van der Waals surface area contributed by atoms with Crippen molar-refractivity contribution in [3.05, 3.63) is 28.5 Å². The molecule has 1 fully saturated rings. The standard InChI is InChI=1S/C11H14BrN3O/c1-8-6-13-4-5-15(8)11(16)10-3-2-9(12)7-14-10/h2-3,7-8,13H,4-6H2,1H3. The Balaban J connectivity index is 2.14. The number of hydrogen-bond donors (Lipinski definition) is 1. The SMILES string of the molecule is CC1CNCCN1C(=O)c1ccc(Br)cn1. The van der Waals surface area contributed by atoms with Gasteiger partial charge in [0.25, 0.3) is 5.91 Å². The molecule has 1 aliphatic rings. The van der Waals surface area contributed by atoms with Gasteiger partial charge in [0.05, 0.1) is 0 Å². The summed E-state index contributed by atoms with van der Waals surface area (Å²) in [5.41, 5.74) is 0.511. The van der Waals surface area contributed by atoms with E-state index >= 15 is 0 Å². The molecule has 0 spiro atoms. The summed E-state index contributed by atoms with van der Waals surface area (Å²) >= 11 is 3.31. The molecule has 1 atom stereocenters. The normalized spacial score (nSPS) is 20.9. The smallest absolute Gasteiger partial charge is 0.272 e. The number of nitrogens with zero attached hydrogens (tertiary/aromatic N) is 2. The van der Waals surface area contributed by atoms with E-state index in [9.17, 15) is 4.79 Å². The van der Waals surface area contributed by atoms with Crippen LogP contribution in [0.4, 0.5) is 0 Å². The minimum atomic E-state index is 0.0153. The van der Waals surface area contributed by atoms with Gasteiger partial charge < -0.3 is 10.2 Å². The van der Waals surface area contributed by atoms with E-state index in [-0.39, 0.29) is 11.9 Å². The zero-order chi connectivity index (χ0) is 11.5. The van der Waals surface area contributed by atoms with Crippen molar-refractivity contribution >= 4 is 21.8 Å². The van der Waals surface area contributed by atoms with Gasteiger partial charge in [-0.2, -0.15) is 0 Å². The maximum absolute atomic E-state index is 12.1. The van der Waals surface area contributed by atoms with E-state index < -0.39 is 0 Å². The summed E-state index contributed by atoms with van der Waals surface area (Å²) in [6.07, 6.45) is 1.65. The van der Waals surface area contributed by atoms with Crippen molar-refractivity contribution in [2.45, 2.75) is 13.0 Å². The number of hydrogen-bond acceptors (Lipinski definition) is 3. The zero-order valence-electron chi connectivity index (χ0n) is 9.11. The second kappa shape index (κ2) is 4.93. The monoisotopic (exact) mass is 283 g/mol. The summed E-state index contributed by atoms with van der Waals surface area (Å²) in [4.78, 5) is 18.1. The Hall–Kier alpha value is -0.940. The third-order valence-electron chi connectivity index (χ3n) is 2.71. The molecule has 86 valence electrons. The minimum absolute atomic E-state index is 0.0153. The quantitative estimate of drug-likeness (QED) is 0.845. The highest BCUT2D eigenvalue weighted by molar-refractivity contribution is 9.10. The molecule has 1 aromatic heterocycles. The van der Waals surface area contributed by atoms with Gasteiger partial charge in [0, 0.05) is 36.3 Å². The third-order valence-corrected chi connectivity index (χ3v) is 3.18. The summed E-state index contributed by atoms with van der Waals surface area (Å²) in [5, 5.41) is 3.26. The molecule has 2 rings (SSSR count). The van der Waals surface area contributed by atoms with Gasteiger partial charge in [-0.25, -0.2) is 4.98 Å². The number of amides is 1. The van der Waals surface area contributed by atoms with Gasteiger partial charge in [0.1, 0.15) is 5.69 Å². The maximum atomic E-state index is 12.1. The second-order valence-electron chi connectivity index (χ2n) is 3.91.